The molecule has 1 saturated heterocycles. The van der Waals surface area contributed by atoms with Gasteiger partial charge >= 0.3 is 5.69 Å². The average Bonchev–Trinajstić information content (AvgIpc) is 2.68. The second-order valence-corrected chi connectivity index (χ2v) is 7.21. The molecule has 3 rings (SSSR count). The van der Waals surface area contributed by atoms with Crippen LogP contribution in [-0.4, -0.2) is 39.1 Å². The third-order valence-electron chi connectivity index (χ3n) is 5.26. The second-order valence-electron chi connectivity index (χ2n) is 7.21. The molecule has 0 saturated carbocycles. The lowest BCUT2D eigenvalue weighted by atomic mass is 9.91. The Bertz CT molecular complexity index is 900. The zero-order valence-corrected chi connectivity index (χ0v) is 16.8. The summed E-state index contributed by atoms with van der Waals surface area (Å²) in [6.07, 6.45) is 3.18. The number of amides is 1. The molecule has 28 heavy (non-hydrogen) atoms. The summed E-state index contributed by atoms with van der Waals surface area (Å²) in [5, 5.41) is 0. The summed E-state index contributed by atoms with van der Waals surface area (Å²) < 4.78 is 2.47. The van der Waals surface area contributed by atoms with Crippen molar-refractivity contribution < 1.29 is 4.79 Å². The van der Waals surface area contributed by atoms with Gasteiger partial charge < -0.3 is 10.6 Å². The number of carbonyl (C=O) groups excluding carboxylic acids is 1. The Balaban J connectivity index is 0.00000280. The molecule has 2 heterocycles. The summed E-state index contributed by atoms with van der Waals surface area (Å²) in [6, 6.07) is 11.0. The van der Waals surface area contributed by atoms with Crippen molar-refractivity contribution in [1.29, 1.82) is 0 Å². The van der Waals surface area contributed by atoms with Crippen molar-refractivity contribution in [2.45, 2.75) is 38.9 Å². The van der Waals surface area contributed by atoms with Crippen LogP contribution in [0.3, 0.4) is 0 Å². The molecule has 8 heteroatoms. The van der Waals surface area contributed by atoms with Crippen LogP contribution in [0.1, 0.15) is 25.3 Å². The van der Waals surface area contributed by atoms with Gasteiger partial charge in [0.1, 0.15) is 6.54 Å². The predicted molar refractivity (Wildman–Crippen MR) is 111 cm³/mol. The standard InChI is InChI=1S/C20H26N4O3.ClH/c1-15(21)17-7-10-22(11-8-17)19(26)14-24-18(25)9-12-23(20(24)27)13-16-5-3-2-4-6-16;/h2-6,9,12,15,17H,7-8,10-11,13-14,21H2,1H3;1H. The first-order valence-electron chi connectivity index (χ1n) is 9.33. The van der Waals surface area contributed by atoms with Crippen LogP contribution < -0.4 is 17.0 Å². The van der Waals surface area contributed by atoms with E-state index in [4.69, 9.17) is 5.73 Å². The molecule has 0 aliphatic carbocycles. The second kappa shape index (κ2) is 9.71. The molecule has 0 spiro atoms. The number of carbonyl (C=O) groups is 1. The summed E-state index contributed by atoms with van der Waals surface area (Å²) in [7, 11) is 0. The summed E-state index contributed by atoms with van der Waals surface area (Å²) in [5.74, 6) is 0.214. The quantitative estimate of drug-likeness (QED) is 0.804. The molecule has 0 bridgehead atoms. The molecule has 2 aromatic rings. The number of rotatable bonds is 5. The zero-order valence-electron chi connectivity index (χ0n) is 16.0. The van der Waals surface area contributed by atoms with E-state index in [1.54, 1.807) is 4.90 Å². The Morgan fingerprint density at radius 2 is 1.79 bits per heavy atom. The van der Waals surface area contributed by atoms with Crippen molar-refractivity contribution in [3.05, 3.63) is 69.0 Å². The van der Waals surface area contributed by atoms with Crippen molar-refractivity contribution >= 4 is 18.3 Å². The van der Waals surface area contributed by atoms with Crippen molar-refractivity contribution in [3.63, 3.8) is 0 Å². The number of hydrogen-bond acceptors (Lipinski definition) is 4. The lowest BCUT2D eigenvalue weighted by Crippen LogP contribution is -2.47. The van der Waals surface area contributed by atoms with Gasteiger partial charge in [0.15, 0.2) is 0 Å². The molecule has 1 aromatic heterocycles. The number of piperidine rings is 1. The Morgan fingerprint density at radius 3 is 2.39 bits per heavy atom. The number of benzene rings is 1. The highest BCUT2D eigenvalue weighted by Gasteiger charge is 2.25. The zero-order chi connectivity index (χ0) is 19.4. The topological polar surface area (TPSA) is 90.3 Å². The largest absolute Gasteiger partial charge is 0.341 e. The lowest BCUT2D eigenvalue weighted by Gasteiger charge is -2.33. The van der Waals surface area contributed by atoms with Gasteiger partial charge in [0, 0.05) is 31.4 Å². The van der Waals surface area contributed by atoms with E-state index in [1.165, 1.54) is 16.8 Å². The molecule has 7 nitrogen and oxygen atoms in total. The molecular weight excluding hydrogens is 380 g/mol. The first kappa shape index (κ1) is 21.9. The maximum atomic E-state index is 12.7. The van der Waals surface area contributed by atoms with E-state index in [1.807, 2.05) is 37.3 Å². The molecule has 1 atom stereocenters. The molecule has 1 amide bonds. The summed E-state index contributed by atoms with van der Waals surface area (Å²) >= 11 is 0. The van der Waals surface area contributed by atoms with Gasteiger partial charge in [-0.15, -0.1) is 12.4 Å². The summed E-state index contributed by atoms with van der Waals surface area (Å²) in [6.45, 7) is 3.35. The number of halogens is 1. The van der Waals surface area contributed by atoms with Crippen LogP contribution >= 0.6 is 12.4 Å². The molecule has 1 aliphatic rings. The highest BCUT2D eigenvalue weighted by Crippen LogP contribution is 2.19. The molecule has 2 N–H and O–H groups in total. The molecule has 0 radical (unpaired) electrons. The smallest absolute Gasteiger partial charge is 0.331 e. The minimum atomic E-state index is -0.467. The van der Waals surface area contributed by atoms with E-state index in [9.17, 15) is 14.4 Å². The number of nitrogens with zero attached hydrogens (tertiary/aromatic N) is 3. The number of nitrogens with two attached hydrogens (primary N) is 1. The van der Waals surface area contributed by atoms with E-state index in [0.29, 0.717) is 25.6 Å². The van der Waals surface area contributed by atoms with E-state index in [-0.39, 0.29) is 30.9 Å². The SMILES string of the molecule is CC(N)C1CCN(C(=O)Cn2c(=O)ccn(Cc3ccccc3)c2=O)CC1.Cl. The van der Waals surface area contributed by atoms with E-state index in [0.717, 1.165) is 23.0 Å². The van der Waals surface area contributed by atoms with Gasteiger partial charge in [-0.3, -0.25) is 18.7 Å². The highest BCUT2D eigenvalue weighted by atomic mass is 35.5. The van der Waals surface area contributed by atoms with Crippen molar-refractivity contribution in [2.24, 2.45) is 11.7 Å². The Kier molecular flexibility index (Phi) is 7.60. The van der Waals surface area contributed by atoms with Crippen molar-refractivity contribution in [1.82, 2.24) is 14.0 Å². The summed E-state index contributed by atoms with van der Waals surface area (Å²) in [4.78, 5) is 39.2. The molecule has 1 fully saturated rings. The van der Waals surface area contributed by atoms with Crippen LogP contribution in [0.15, 0.2) is 52.2 Å². The monoisotopic (exact) mass is 406 g/mol. The summed E-state index contributed by atoms with van der Waals surface area (Å²) in [5.41, 5.74) is 5.97. The molecule has 1 aromatic carbocycles. The minimum Gasteiger partial charge on any atom is -0.341 e. The number of likely N-dealkylation sites (tertiary alicyclic amines) is 1. The van der Waals surface area contributed by atoms with Crippen LogP contribution in [-0.2, 0) is 17.9 Å². The van der Waals surface area contributed by atoms with Crippen LogP contribution in [0, 0.1) is 5.92 Å². The normalized spacial score (nSPS) is 15.7. The third-order valence-corrected chi connectivity index (χ3v) is 5.26. The van der Waals surface area contributed by atoms with Gasteiger partial charge in [-0.2, -0.15) is 0 Å². The fourth-order valence-electron chi connectivity index (χ4n) is 3.51. The van der Waals surface area contributed by atoms with Gasteiger partial charge in [-0.05, 0) is 31.2 Å². The van der Waals surface area contributed by atoms with Gasteiger partial charge in [-0.1, -0.05) is 30.3 Å². The number of hydrogen-bond donors (Lipinski definition) is 1. The third kappa shape index (κ3) is 5.11. The van der Waals surface area contributed by atoms with Crippen LogP contribution in [0.4, 0.5) is 0 Å². The maximum absolute atomic E-state index is 12.7. The van der Waals surface area contributed by atoms with Gasteiger partial charge in [-0.25, -0.2) is 4.79 Å². The van der Waals surface area contributed by atoms with Crippen LogP contribution in [0.25, 0.3) is 0 Å². The van der Waals surface area contributed by atoms with Gasteiger partial charge in [0.25, 0.3) is 5.56 Å². The lowest BCUT2D eigenvalue weighted by molar-refractivity contribution is -0.133. The fraction of sp³-hybridized carbons (Fsp3) is 0.450. The highest BCUT2D eigenvalue weighted by molar-refractivity contribution is 5.85. The molecule has 152 valence electrons. The van der Waals surface area contributed by atoms with Crippen molar-refractivity contribution in [2.75, 3.05) is 13.1 Å². The predicted octanol–water partition coefficient (Wildman–Crippen LogP) is 1.07. The van der Waals surface area contributed by atoms with Gasteiger partial charge in [0.2, 0.25) is 5.91 Å². The van der Waals surface area contributed by atoms with E-state index < -0.39 is 11.2 Å². The Hall–Kier alpha value is -2.38. The first-order valence-corrected chi connectivity index (χ1v) is 9.33. The molecule has 1 unspecified atom stereocenters. The minimum absolute atomic E-state index is 0. The average molecular weight is 407 g/mol. The maximum Gasteiger partial charge on any atom is 0.331 e. The van der Waals surface area contributed by atoms with E-state index in [2.05, 4.69) is 0 Å². The molecular formula is C20H27ClN4O3. The number of aromatic nitrogens is 2. The van der Waals surface area contributed by atoms with Crippen LogP contribution in [0.2, 0.25) is 0 Å². The van der Waals surface area contributed by atoms with Crippen molar-refractivity contribution in [3.8, 4) is 0 Å². The van der Waals surface area contributed by atoms with Gasteiger partial charge in [0.05, 0.1) is 6.54 Å². The fourth-order valence-corrected chi connectivity index (χ4v) is 3.51. The Morgan fingerprint density at radius 1 is 1.14 bits per heavy atom. The first-order chi connectivity index (χ1) is 13.0. The Labute approximate surface area is 170 Å². The van der Waals surface area contributed by atoms with E-state index >= 15 is 0 Å². The van der Waals surface area contributed by atoms with Crippen LogP contribution in [0.5, 0.6) is 0 Å². The molecule has 1 aliphatic heterocycles.